The minimum atomic E-state index is -0.711. The molecule has 0 aliphatic carbocycles. The highest BCUT2D eigenvalue weighted by Crippen LogP contribution is 2.17. The summed E-state index contributed by atoms with van der Waals surface area (Å²) >= 11 is 0. The van der Waals surface area contributed by atoms with Gasteiger partial charge in [0.1, 0.15) is 0 Å². The first-order valence-electron chi connectivity index (χ1n) is 7.59. The van der Waals surface area contributed by atoms with Gasteiger partial charge in [0.2, 0.25) is 0 Å². The van der Waals surface area contributed by atoms with Crippen LogP contribution < -0.4 is 21.7 Å². The van der Waals surface area contributed by atoms with Gasteiger partial charge >= 0.3 is 6.03 Å². The van der Waals surface area contributed by atoms with Crippen LogP contribution in [0.5, 0.6) is 0 Å². The van der Waals surface area contributed by atoms with Crippen LogP contribution in [-0.2, 0) is 6.54 Å². The van der Waals surface area contributed by atoms with Gasteiger partial charge in [-0.25, -0.2) is 4.79 Å². The molecule has 2 rings (SSSR count). The monoisotopic (exact) mass is 345 g/mol. The molecule has 9 heteroatoms. The third-order valence-corrected chi connectivity index (χ3v) is 3.32. The largest absolute Gasteiger partial charge is 0.364 e. The summed E-state index contributed by atoms with van der Waals surface area (Å²) in [7, 11) is 0. The second-order valence-electron chi connectivity index (χ2n) is 5.24. The van der Waals surface area contributed by atoms with E-state index in [2.05, 4.69) is 21.1 Å². The molecule has 2 aromatic rings. The van der Waals surface area contributed by atoms with E-state index in [0.29, 0.717) is 17.8 Å². The van der Waals surface area contributed by atoms with Gasteiger partial charge in [-0.2, -0.15) is 0 Å². The maximum absolute atomic E-state index is 12.0. The number of nitrogens with two attached hydrogens (primary N) is 1. The molecule has 0 saturated heterocycles. The van der Waals surface area contributed by atoms with Crippen molar-refractivity contribution in [1.82, 2.24) is 15.8 Å². The maximum Gasteiger partial charge on any atom is 0.319 e. The lowest BCUT2D eigenvalue weighted by molar-refractivity contribution is 0.0954. The number of rotatable bonds is 6. The molecule has 9 nitrogen and oxygen atoms in total. The molecule has 0 saturated carbocycles. The molecule has 0 bridgehead atoms. The Morgan fingerprint density at radius 1 is 1.20 bits per heavy atom. The van der Waals surface area contributed by atoms with Crippen LogP contribution in [0.1, 0.15) is 39.1 Å². The number of hydrogen-bond donors (Lipinski definition) is 4. The van der Waals surface area contributed by atoms with Crippen LogP contribution >= 0.6 is 0 Å². The standard InChI is InChI=1S/C16H19N5O4/c1-3-18-15(23)10-5-4-9(2)12(6-10)20-16(24)19-8-11-7-13(14(17)22)21-25-11/h4-7H,3,8H2,1-2H3,(H2,17,22)(H,18,23)(H2,19,20,24). The number of nitrogens with one attached hydrogen (secondary N) is 3. The van der Waals surface area contributed by atoms with E-state index in [1.54, 1.807) is 18.2 Å². The van der Waals surface area contributed by atoms with Crippen LogP contribution in [0.2, 0.25) is 0 Å². The average Bonchev–Trinajstić information content (AvgIpc) is 3.04. The molecule has 25 heavy (non-hydrogen) atoms. The van der Waals surface area contributed by atoms with Gasteiger partial charge in [0.15, 0.2) is 11.5 Å². The van der Waals surface area contributed by atoms with E-state index in [1.807, 2.05) is 13.8 Å². The van der Waals surface area contributed by atoms with Gasteiger partial charge in [0.25, 0.3) is 11.8 Å². The number of aryl methyl sites for hydroxylation is 1. The third kappa shape index (κ3) is 4.80. The van der Waals surface area contributed by atoms with Gasteiger partial charge in [0, 0.05) is 23.9 Å². The quantitative estimate of drug-likeness (QED) is 0.622. The zero-order chi connectivity index (χ0) is 18.4. The molecule has 0 spiro atoms. The van der Waals surface area contributed by atoms with Crippen molar-refractivity contribution in [2.24, 2.45) is 5.73 Å². The number of nitrogens with zero attached hydrogens (tertiary/aromatic N) is 1. The van der Waals surface area contributed by atoms with Crippen LogP contribution in [0.3, 0.4) is 0 Å². The Bertz CT molecular complexity index is 800. The Morgan fingerprint density at radius 3 is 2.60 bits per heavy atom. The van der Waals surface area contributed by atoms with Gasteiger partial charge in [-0.1, -0.05) is 11.2 Å². The van der Waals surface area contributed by atoms with Gasteiger partial charge in [-0.3, -0.25) is 9.59 Å². The Hall–Kier alpha value is -3.36. The van der Waals surface area contributed by atoms with E-state index in [1.165, 1.54) is 6.07 Å². The fraction of sp³-hybridized carbons (Fsp3) is 0.250. The molecule has 0 atom stereocenters. The van der Waals surface area contributed by atoms with Crippen molar-refractivity contribution in [1.29, 1.82) is 0 Å². The Labute approximate surface area is 143 Å². The van der Waals surface area contributed by atoms with Gasteiger partial charge in [-0.15, -0.1) is 0 Å². The molecule has 1 aromatic carbocycles. The summed E-state index contributed by atoms with van der Waals surface area (Å²) in [5.74, 6) is -0.638. The summed E-state index contributed by atoms with van der Waals surface area (Å²) in [6.45, 7) is 4.18. The summed E-state index contributed by atoms with van der Waals surface area (Å²) in [5.41, 5.74) is 6.82. The number of anilines is 1. The number of aromatic nitrogens is 1. The SMILES string of the molecule is CCNC(=O)c1ccc(C)c(NC(=O)NCc2cc(C(N)=O)no2)c1. The Morgan fingerprint density at radius 2 is 1.96 bits per heavy atom. The Balaban J connectivity index is 1.98. The first-order chi connectivity index (χ1) is 11.9. The number of carbonyl (C=O) groups is 3. The molecular formula is C16H19N5O4. The summed E-state index contributed by atoms with van der Waals surface area (Å²) in [6.07, 6.45) is 0. The lowest BCUT2D eigenvalue weighted by Gasteiger charge is -2.11. The normalized spacial score (nSPS) is 10.2. The van der Waals surface area contributed by atoms with Crippen molar-refractivity contribution >= 4 is 23.5 Å². The molecular weight excluding hydrogens is 326 g/mol. The van der Waals surface area contributed by atoms with Crippen LogP contribution in [0.15, 0.2) is 28.8 Å². The average molecular weight is 345 g/mol. The lowest BCUT2D eigenvalue weighted by Crippen LogP contribution is -2.28. The Kier molecular flexibility index (Phi) is 5.72. The lowest BCUT2D eigenvalue weighted by atomic mass is 10.1. The molecule has 4 amide bonds. The van der Waals surface area contributed by atoms with Gasteiger partial charge in [0.05, 0.1) is 6.54 Å². The summed E-state index contributed by atoms with van der Waals surface area (Å²) in [4.78, 5) is 34.8. The zero-order valence-corrected chi connectivity index (χ0v) is 13.9. The topological polar surface area (TPSA) is 139 Å². The van der Waals surface area contributed by atoms with Crippen molar-refractivity contribution in [3.05, 3.63) is 46.8 Å². The van der Waals surface area contributed by atoms with Crippen molar-refractivity contribution in [3.63, 3.8) is 0 Å². The second-order valence-corrected chi connectivity index (χ2v) is 5.24. The van der Waals surface area contributed by atoms with Crippen LogP contribution in [0.25, 0.3) is 0 Å². The number of carbonyl (C=O) groups excluding carboxylic acids is 3. The van der Waals surface area contributed by atoms with Crippen LogP contribution in [0.4, 0.5) is 10.5 Å². The molecule has 132 valence electrons. The van der Waals surface area contributed by atoms with E-state index in [9.17, 15) is 14.4 Å². The number of amides is 4. The third-order valence-electron chi connectivity index (χ3n) is 3.32. The molecule has 0 aliphatic heterocycles. The predicted molar refractivity (Wildman–Crippen MR) is 90.1 cm³/mol. The smallest absolute Gasteiger partial charge is 0.319 e. The van der Waals surface area contributed by atoms with Gasteiger partial charge < -0.3 is 26.2 Å². The highest BCUT2D eigenvalue weighted by Gasteiger charge is 2.12. The highest BCUT2D eigenvalue weighted by atomic mass is 16.5. The highest BCUT2D eigenvalue weighted by molar-refractivity contribution is 5.97. The van der Waals surface area contributed by atoms with Crippen LogP contribution in [-0.4, -0.2) is 29.5 Å². The molecule has 1 heterocycles. The van der Waals surface area contributed by atoms with Crippen molar-refractivity contribution in [2.45, 2.75) is 20.4 Å². The number of urea groups is 1. The molecule has 0 radical (unpaired) electrons. The predicted octanol–water partition coefficient (Wildman–Crippen LogP) is 1.15. The summed E-state index contributed by atoms with van der Waals surface area (Å²) < 4.78 is 4.88. The number of benzene rings is 1. The molecule has 5 N–H and O–H groups in total. The molecule has 0 unspecified atom stereocenters. The van der Waals surface area contributed by atoms with E-state index < -0.39 is 11.9 Å². The van der Waals surface area contributed by atoms with Crippen molar-refractivity contribution in [3.8, 4) is 0 Å². The van der Waals surface area contributed by atoms with Crippen molar-refractivity contribution in [2.75, 3.05) is 11.9 Å². The van der Waals surface area contributed by atoms with E-state index in [4.69, 9.17) is 10.3 Å². The summed E-state index contributed by atoms with van der Waals surface area (Å²) in [6, 6.07) is 5.88. The summed E-state index contributed by atoms with van der Waals surface area (Å²) in [5, 5.41) is 11.4. The maximum atomic E-state index is 12.0. The zero-order valence-electron chi connectivity index (χ0n) is 13.9. The number of primary amides is 1. The van der Waals surface area contributed by atoms with Gasteiger partial charge in [-0.05, 0) is 31.5 Å². The molecule has 0 fully saturated rings. The van der Waals surface area contributed by atoms with Crippen LogP contribution in [0, 0.1) is 6.92 Å². The molecule has 1 aromatic heterocycles. The molecule has 0 aliphatic rings. The minimum Gasteiger partial charge on any atom is -0.364 e. The first kappa shape index (κ1) is 18.0. The van der Waals surface area contributed by atoms with E-state index in [0.717, 1.165) is 5.56 Å². The minimum absolute atomic E-state index is 0.0114. The second kappa shape index (κ2) is 7.95. The van der Waals surface area contributed by atoms with Crippen molar-refractivity contribution < 1.29 is 18.9 Å². The van der Waals surface area contributed by atoms with E-state index in [-0.39, 0.29) is 23.9 Å². The first-order valence-corrected chi connectivity index (χ1v) is 7.59. The number of hydrogen-bond acceptors (Lipinski definition) is 5. The fourth-order valence-electron chi connectivity index (χ4n) is 2.01. The van der Waals surface area contributed by atoms with E-state index >= 15 is 0 Å². The fourth-order valence-corrected chi connectivity index (χ4v) is 2.01.